The Kier molecular flexibility index (Phi) is 2.90. The van der Waals surface area contributed by atoms with E-state index in [-0.39, 0.29) is 0 Å². The molecule has 1 saturated carbocycles. The van der Waals surface area contributed by atoms with Crippen LogP contribution >= 0.6 is 0 Å². The summed E-state index contributed by atoms with van der Waals surface area (Å²) in [7, 11) is 0. The van der Waals surface area contributed by atoms with Gasteiger partial charge in [0, 0.05) is 6.54 Å². The van der Waals surface area contributed by atoms with Crippen molar-refractivity contribution in [3.8, 4) is 0 Å². The lowest BCUT2D eigenvalue weighted by atomic mass is 9.89. The van der Waals surface area contributed by atoms with Crippen LogP contribution in [0.3, 0.4) is 0 Å². The van der Waals surface area contributed by atoms with Crippen LogP contribution in [0.5, 0.6) is 0 Å². The molecule has 0 spiro atoms. The van der Waals surface area contributed by atoms with Gasteiger partial charge in [0.2, 0.25) is 0 Å². The largest absolute Gasteiger partial charge is 0.396 e. The van der Waals surface area contributed by atoms with Crippen molar-refractivity contribution < 1.29 is 0 Å². The van der Waals surface area contributed by atoms with Gasteiger partial charge in [-0.25, -0.2) is 4.98 Å². The highest BCUT2D eigenvalue weighted by Gasteiger charge is 2.28. The molecule has 1 aliphatic carbocycles. The molecule has 4 nitrogen and oxygen atoms in total. The number of nitrogens with zero attached hydrogens (tertiary/aromatic N) is 1. The summed E-state index contributed by atoms with van der Waals surface area (Å²) in [6.07, 6.45) is 5.28. The van der Waals surface area contributed by atoms with Gasteiger partial charge in [0.25, 0.3) is 0 Å². The Hall–Kier alpha value is -1.45. The average molecular weight is 220 g/mol. The molecular weight excluding hydrogens is 200 g/mol. The van der Waals surface area contributed by atoms with Crippen LogP contribution in [0.25, 0.3) is 0 Å². The second-order valence-corrected chi connectivity index (χ2v) is 5.04. The lowest BCUT2D eigenvalue weighted by Crippen LogP contribution is -2.23. The van der Waals surface area contributed by atoms with E-state index in [1.54, 1.807) is 6.07 Å². The minimum Gasteiger partial charge on any atom is -0.396 e. The summed E-state index contributed by atoms with van der Waals surface area (Å²) in [6.45, 7) is 3.29. The Bertz CT molecular complexity index is 369. The SMILES string of the molecule is CC1(CNc2ccc(N)c(N)n2)CCCC1. The molecule has 88 valence electrons. The van der Waals surface area contributed by atoms with E-state index in [1.807, 2.05) is 6.07 Å². The molecule has 4 heteroatoms. The van der Waals surface area contributed by atoms with Crippen molar-refractivity contribution >= 4 is 17.3 Å². The fraction of sp³-hybridized carbons (Fsp3) is 0.583. The predicted molar refractivity (Wildman–Crippen MR) is 68.1 cm³/mol. The molecule has 0 radical (unpaired) electrons. The molecule has 0 atom stereocenters. The zero-order chi connectivity index (χ0) is 11.6. The second kappa shape index (κ2) is 4.20. The maximum Gasteiger partial charge on any atom is 0.149 e. The van der Waals surface area contributed by atoms with Crippen LogP contribution in [0.2, 0.25) is 0 Å². The molecule has 1 aromatic rings. The van der Waals surface area contributed by atoms with Gasteiger partial charge < -0.3 is 16.8 Å². The third kappa shape index (κ3) is 2.38. The van der Waals surface area contributed by atoms with Crippen molar-refractivity contribution in [2.24, 2.45) is 5.41 Å². The normalized spacial score (nSPS) is 18.6. The summed E-state index contributed by atoms with van der Waals surface area (Å²) in [4.78, 5) is 4.21. The molecule has 1 aliphatic rings. The smallest absolute Gasteiger partial charge is 0.149 e. The fourth-order valence-corrected chi connectivity index (χ4v) is 2.29. The molecule has 0 bridgehead atoms. The van der Waals surface area contributed by atoms with Crippen molar-refractivity contribution in [3.63, 3.8) is 0 Å². The molecule has 2 rings (SSSR count). The molecule has 1 aromatic heterocycles. The standard InChI is InChI=1S/C12H20N4/c1-12(6-2-3-7-12)8-15-10-5-4-9(13)11(14)16-10/h4-5H,2-3,6-8,13H2,1H3,(H3,14,15,16). The summed E-state index contributed by atoms with van der Waals surface area (Å²) in [5.41, 5.74) is 12.2. The van der Waals surface area contributed by atoms with Crippen LogP contribution < -0.4 is 16.8 Å². The van der Waals surface area contributed by atoms with Crippen molar-refractivity contribution in [1.29, 1.82) is 0 Å². The highest BCUT2D eigenvalue weighted by atomic mass is 15.0. The third-order valence-electron chi connectivity index (χ3n) is 3.46. The number of nitrogens with one attached hydrogen (secondary N) is 1. The van der Waals surface area contributed by atoms with E-state index >= 15 is 0 Å². The average Bonchev–Trinajstić information content (AvgIpc) is 2.68. The number of aromatic nitrogens is 1. The van der Waals surface area contributed by atoms with Gasteiger partial charge >= 0.3 is 0 Å². The van der Waals surface area contributed by atoms with Gasteiger partial charge in [-0.15, -0.1) is 0 Å². The summed E-state index contributed by atoms with van der Waals surface area (Å²) < 4.78 is 0. The number of rotatable bonds is 3. The Morgan fingerprint density at radius 2 is 2.00 bits per heavy atom. The Balaban J connectivity index is 1.96. The molecule has 5 N–H and O–H groups in total. The van der Waals surface area contributed by atoms with Gasteiger partial charge in [-0.2, -0.15) is 0 Å². The van der Waals surface area contributed by atoms with E-state index in [0.29, 0.717) is 16.9 Å². The topological polar surface area (TPSA) is 77.0 Å². The minimum atomic E-state index is 0.404. The first-order valence-electron chi connectivity index (χ1n) is 5.85. The predicted octanol–water partition coefficient (Wildman–Crippen LogP) is 2.24. The lowest BCUT2D eigenvalue weighted by Gasteiger charge is -2.24. The van der Waals surface area contributed by atoms with E-state index in [0.717, 1.165) is 12.4 Å². The first-order valence-corrected chi connectivity index (χ1v) is 5.85. The van der Waals surface area contributed by atoms with Crippen molar-refractivity contribution in [3.05, 3.63) is 12.1 Å². The van der Waals surface area contributed by atoms with E-state index in [4.69, 9.17) is 11.5 Å². The third-order valence-corrected chi connectivity index (χ3v) is 3.46. The highest BCUT2D eigenvalue weighted by Crippen LogP contribution is 2.37. The molecule has 0 amide bonds. The quantitative estimate of drug-likeness (QED) is 0.730. The number of pyridine rings is 1. The van der Waals surface area contributed by atoms with Crippen molar-refractivity contribution in [2.75, 3.05) is 23.3 Å². The zero-order valence-electron chi connectivity index (χ0n) is 9.79. The summed E-state index contributed by atoms with van der Waals surface area (Å²) in [5, 5.41) is 3.35. The Morgan fingerprint density at radius 1 is 1.31 bits per heavy atom. The van der Waals surface area contributed by atoms with Gasteiger partial charge in [0.15, 0.2) is 0 Å². The molecule has 16 heavy (non-hydrogen) atoms. The van der Waals surface area contributed by atoms with Crippen LogP contribution in [-0.4, -0.2) is 11.5 Å². The maximum absolute atomic E-state index is 5.66. The van der Waals surface area contributed by atoms with Gasteiger partial charge in [0.05, 0.1) is 5.69 Å². The van der Waals surface area contributed by atoms with Crippen LogP contribution in [0, 0.1) is 5.41 Å². The Labute approximate surface area is 96.4 Å². The Morgan fingerprint density at radius 3 is 2.62 bits per heavy atom. The van der Waals surface area contributed by atoms with Gasteiger partial charge in [0.1, 0.15) is 11.6 Å². The lowest BCUT2D eigenvalue weighted by molar-refractivity contribution is 0.361. The molecule has 1 fully saturated rings. The molecule has 0 aromatic carbocycles. The monoisotopic (exact) mass is 220 g/mol. The van der Waals surface area contributed by atoms with Crippen LogP contribution in [0.15, 0.2) is 12.1 Å². The summed E-state index contributed by atoms with van der Waals surface area (Å²) in [5.74, 6) is 1.22. The molecule has 1 heterocycles. The molecule has 0 unspecified atom stereocenters. The number of hydrogen-bond acceptors (Lipinski definition) is 4. The molecule has 0 saturated heterocycles. The van der Waals surface area contributed by atoms with Crippen LogP contribution in [0.4, 0.5) is 17.3 Å². The molecule has 0 aliphatic heterocycles. The first kappa shape index (κ1) is 11.0. The summed E-state index contributed by atoms with van der Waals surface area (Å²) in [6, 6.07) is 3.67. The van der Waals surface area contributed by atoms with Crippen molar-refractivity contribution in [2.45, 2.75) is 32.6 Å². The summed E-state index contributed by atoms with van der Waals surface area (Å²) >= 11 is 0. The van der Waals surface area contributed by atoms with Crippen LogP contribution in [-0.2, 0) is 0 Å². The second-order valence-electron chi connectivity index (χ2n) is 5.04. The number of hydrogen-bond donors (Lipinski definition) is 3. The number of nitrogen functional groups attached to an aromatic ring is 2. The number of anilines is 3. The number of nitrogens with two attached hydrogens (primary N) is 2. The first-order chi connectivity index (χ1) is 7.59. The van der Waals surface area contributed by atoms with Gasteiger partial charge in [-0.3, -0.25) is 0 Å². The highest BCUT2D eigenvalue weighted by molar-refractivity contribution is 5.61. The van der Waals surface area contributed by atoms with E-state index < -0.39 is 0 Å². The minimum absolute atomic E-state index is 0.404. The van der Waals surface area contributed by atoms with Gasteiger partial charge in [-0.05, 0) is 30.4 Å². The fourth-order valence-electron chi connectivity index (χ4n) is 2.29. The van der Waals surface area contributed by atoms with E-state index in [9.17, 15) is 0 Å². The molecular formula is C12H20N4. The maximum atomic E-state index is 5.66. The van der Waals surface area contributed by atoms with E-state index in [2.05, 4.69) is 17.2 Å². The zero-order valence-corrected chi connectivity index (χ0v) is 9.79. The van der Waals surface area contributed by atoms with Crippen molar-refractivity contribution in [1.82, 2.24) is 4.98 Å². The van der Waals surface area contributed by atoms with Crippen LogP contribution in [0.1, 0.15) is 32.6 Å². The van der Waals surface area contributed by atoms with Gasteiger partial charge in [-0.1, -0.05) is 19.8 Å². The van der Waals surface area contributed by atoms with E-state index in [1.165, 1.54) is 25.7 Å².